The van der Waals surface area contributed by atoms with Gasteiger partial charge in [-0.1, -0.05) is 19.3 Å². The van der Waals surface area contributed by atoms with Crippen LogP contribution in [0.5, 0.6) is 5.75 Å². The summed E-state index contributed by atoms with van der Waals surface area (Å²) in [6.45, 7) is 0.0759. The Morgan fingerprint density at radius 2 is 2.11 bits per heavy atom. The van der Waals surface area contributed by atoms with Gasteiger partial charge in [-0.05, 0) is 25.0 Å². The fourth-order valence-corrected chi connectivity index (χ4v) is 2.81. The molecule has 3 rings (SSSR count). The van der Waals surface area contributed by atoms with Gasteiger partial charge in [-0.3, -0.25) is 4.79 Å². The second kappa shape index (κ2) is 5.07. The number of carbonyl (C=O) groups is 1. The zero-order chi connectivity index (χ0) is 13.2. The van der Waals surface area contributed by atoms with E-state index < -0.39 is 0 Å². The molecule has 1 aliphatic heterocycles. The molecule has 0 saturated heterocycles. The zero-order valence-electron chi connectivity index (χ0n) is 11.2. The molecule has 5 heteroatoms. The maximum absolute atomic E-state index is 11.3. The van der Waals surface area contributed by atoms with Crippen molar-refractivity contribution in [3.63, 3.8) is 0 Å². The van der Waals surface area contributed by atoms with Gasteiger partial charge in [0, 0.05) is 13.1 Å². The van der Waals surface area contributed by atoms with Gasteiger partial charge in [-0.25, -0.2) is 4.98 Å². The number of aromatic nitrogens is 1. The Kier molecular flexibility index (Phi) is 3.27. The second-order valence-electron chi connectivity index (χ2n) is 5.26. The van der Waals surface area contributed by atoms with Gasteiger partial charge in [0.25, 0.3) is 5.91 Å². The van der Waals surface area contributed by atoms with Gasteiger partial charge in [-0.15, -0.1) is 0 Å². The maximum atomic E-state index is 11.3. The Balaban J connectivity index is 1.80. The number of hydrogen-bond acceptors (Lipinski definition) is 4. The average Bonchev–Trinajstić information content (AvgIpc) is 2.46. The smallest absolute Gasteiger partial charge is 0.263 e. The van der Waals surface area contributed by atoms with Crippen molar-refractivity contribution in [1.82, 2.24) is 4.98 Å². The van der Waals surface area contributed by atoms with Crippen molar-refractivity contribution in [2.24, 2.45) is 0 Å². The molecular formula is C14H19N3O2. The molecule has 1 amide bonds. The first kappa shape index (κ1) is 12.3. The van der Waals surface area contributed by atoms with E-state index in [-0.39, 0.29) is 12.5 Å². The van der Waals surface area contributed by atoms with Crippen molar-refractivity contribution in [3.05, 3.63) is 12.1 Å². The highest BCUT2D eigenvalue weighted by atomic mass is 16.5. The van der Waals surface area contributed by atoms with Crippen molar-refractivity contribution in [3.8, 4) is 5.75 Å². The number of amides is 1. The van der Waals surface area contributed by atoms with Crippen LogP contribution in [0.15, 0.2) is 12.1 Å². The van der Waals surface area contributed by atoms with Crippen LogP contribution < -0.4 is 15.0 Å². The molecule has 2 heterocycles. The third-order valence-corrected chi connectivity index (χ3v) is 3.94. The van der Waals surface area contributed by atoms with Gasteiger partial charge in [0.15, 0.2) is 18.2 Å². The molecule has 1 fully saturated rings. The van der Waals surface area contributed by atoms with Crippen LogP contribution in [0, 0.1) is 0 Å². The summed E-state index contributed by atoms with van der Waals surface area (Å²) in [6, 6.07) is 4.40. The van der Waals surface area contributed by atoms with Crippen LogP contribution in [0.4, 0.5) is 11.6 Å². The summed E-state index contributed by atoms with van der Waals surface area (Å²) in [5, 5.41) is 2.76. The molecule has 2 aliphatic rings. The highest BCUT2D eigenvalue weighted by molar-refractivity contribution is 5.94. The lowest BCUT2D eigenvalue weighted by Crippen LogP contribution is -2.34. The van der Waals surface area contributed by atoms with Crippen molar-refractivity contribution in [2.45, 2.75) is 38.1 Å². The Morgan fingerprint density at radius 3 is 2.89 bits per heavy atom. The summed E-state index contributed by atoms with van der Waals surface area (Å²) in [7, 11) is 2.08. The quantitative estimate of drug-likeness (QED) is 0.886. The molecule has 0 atom stereocenters. The van der Waals surface area contributed by atoms with Gasteiger partial charge in [0.1, 0.15) is 5.82 Å². The molecule has 19 heavy (non-hydrogen) atoms. The number of rotatable bonds is 2. The minimum atomic E-state index is -0.141. The number of pyridine rings is 1. The van der Waals surface area contributed by atoms with Crippen molar-refractivity contribution in [2.75, 3.05) is 23.9 Å². The summed E-state index contributed by atoms with van der Waals surface area (Å²) >= 11 is 0. The van der Waals surface area contributed by atoms with E-state index in [0.29, 0.717) is 17.6 Å². The van der Waals surface area contributed by atoms with E-state index in [1.807, 2.05) is 12.1 Å². The van der Waals surface area contributed by atoms with E-state index in [1.54, 1.807) is 0 Å². The second-order valence-corrected chi connectivity index (χ2v) is 5.26. The number of hydrogen-bond donors (Lipinski definition) is 1. The maximum Gasteiger partial charge on any atom is 0.263 e. The Labute approximate surface area is 113 Å². The summed E-state index contributed by atoms with van der Waals surface area (Å²) in [4.78, 5) is 18.0. The third kappa shape index (κ3) is 2.50. The highest BCUT2D eigenvalue weighted by Gasteiger charge is 2.22. The Bertz CT molecular complexity index is 484. The van der Waals surface area contributed by atoms with Crippen LogP contribution in [0.25, 0.3) is 0 Å². The Morgan fingerprint density at radius 1 is 1.32 bits per heavy atom. The minimum absolute atomic E-state index is 0.0759. The Hall–Kier alpha value is -1.78. The van der Waals surface area contributed by atoms with Crippen LogP contribution in [0.2, 0.25) is 0 Å². The van der Waals surface area contributed by atoms with Crippen LogP contribution in [0.1, 0.15) is 32.1 Å². The number of nitrogens with one attached hydrogen (secondary N) is 1. The molecule has 1 aromatic heterocycles. The van der Waals surface area contributed by atoms with Crippen LogP contribution >= 0.6 is 0 Å². The average molecular weight is 261 g/mol. The van der Waals surface area contributed by atoms with Gasteiger partial charge >= 0.3 is 0 Å². The highest BCUT2D eigenvalue weighted by Crippen LogP contribution is 2.30. The standard InChI is InChI=1S/C14H19N3O2/c1-17(10-5-3-2-4-6-10)12-8-7-11-14(15-12)16-13(18)9-19-11/h7-8,10H,2-6,9H2,1H3,(H,15,16,18). The zero-order valence-corrected chi connectivity index (χ0v) is 11.2. The van der Waals surface area contributed by atoms with Crippen LogP contribution in [-0.2, 0) is 4.79 Å². The molecule has 5 nitrogen and oxygen atoms in total. The van der Waals surface area contributed by atoms with E-state index in [1.165, 1.54) is 32.1 Å². The normalized spacial score (nSPS) is 19.3. The molecule has 1 aromatic rings. The molecule has 1 saturated carbocycles. The summed E-state index contributed by atoms with van der Waals surface area (Å²) in [5.74, 6) is 1.95. The summed E-state index contributed by atoms with van der Waals surface area (Å²) in [5.41, 5.74) is 0. The fourth-order valence-electron chi connectivity index (χ4n) is 2.81. The lowest BCUT2D eigenvalue weighted by atomic mass is 9.94. The summed E-state index contributed by atoms with van der Waals surface area (Å²) < 4.78 is 5.32. The predicted octanol–water partition coefficient (Wildman–Crippen LogP) is 2.18. The van der Waals surface area contributed by atoms with Crippen molar-refractivity contribution < 1.29 is 9.53 Å². The SMILES string of the molecule is CN(c1ccc2c(n1)NC(=O)CO2)C1CCCCC1. The number of fused-ring (bicyclic) bond motifs is 1. The molecule has 0 unspecified atom stereocenters. The lowest BCUT2D eigenvalue weighted by Gasteiger charge is -2.32. The predicted molar refractivity (Wildman–Crippen MR) is 73.6 cm³/mol. The molecule has 0 bridgehead atoms. The molecular weight excluding hydrogens is 242 g/mol. The van der Waals surface area contributed by atoms with E-state index in [4.69, 9.17) is 4.74 Å². The topological polar surface area (TPSA) is 54.5 Å². The van der Waals surface area contributed by atoms with Crippen molar-refractivity contribution in [1.29, 1.82) is 0 Å². The molecule has 1 N–H and O–H groups in total. The summed E-state index contributed by atoms with van der Waals surface area (Å²) in [6.07, 6.45) is 6.36. The number of carbonyl (C=O) groups excluding carboxylic acids is 1. The third-order valence-electron chi connectivity index (χ3n) is 3.94. The first-order chi connectivity index (χ1) is 9.24. The van der Waals surface area contributed by atoms with E-state index in [2.05, 4.69) is 22.2 Å². The van der Waals surface area contributed by atoms with Gasteiger partial charge in [0.2, 0.25) is 0 Å². The van der Waals surface area contributed by atoms with E-state index >= 15 is 0 Å². The minimum Gasteiger partial charge on any atom is -0.480 e. The van der Waals surface area contributed by atoms with E-state index in [9.17, 15) is 4.79 Å². The first-order valence-electron chi connectivity index (χ1n) is 6.90. The van der Waals surface area contributed by atoms with Gasteiger partial charge < -0.3 is 15.0 Å². The monoisotopic (exact) mass is 261 g/mol. The van der Waals surface area contributed by atoms with E-state index in [0.717, 1.165) is 5.82 Å². The van der Waals surface area contributed by atoms with Gasteiger partial charge in [-0.2, -0.15) is 0 Å². The molecule has 0 radical (unpaired) electrons. The van der Waals surface area contributed by atoms with Crippen molar-refractivity contribution >= 4 is 17.5 Å². The number of ether oxygens (including phenoxy) is 1. The van der Waals surface area contributed by atoms with Gasteiger partial charge in [0.05, 0.1) is 0 Å². The fraction of sp³-hybridized carbons (Fsp3) is 0.571. The first-order valence-corrected chi connectivity index (χ1v) is 6.90. The lowest BCUT2D eigenvalue weighted by molar-refractivity contribution is -0.118. The molecule has 0 spiro atoms. The van der Waals surface area contributed by atoms with Crippen LogP contribution in [-0.4, -0.2) is 30.6 Å². The largest absolute Gasteiger partial charge is 0.480 e. The molecule has 102 valence electrons. The number of nitrogens with zero attached hydrogens (tertiary/aromatic N) is 2. The molecule has 1 aliphatic carbocycles. The number of anilines is 2. The molecule has 0 aromatic carbocycles. The van der Waals surface area contributed by atoms with Crippen LogP contribution in [0.3, 0.4) is 0 Å².